The first kappa shape index (κ1) is 20.1. The molecule has 11 heteroatoms. The van der Waals surface area contributed by atoms with Gasteiger partial charge in [0.15, 0.2) is 0 Å². The Hall–Kier alpha value is -1.26. The van der Waals surface area contributed by atoms with Crippen molar-refractivity contribution in [1.29, 1.82) is 0 Å². The van der Waals surface area contributed by atoms with E-state index in [1.165, 1.54) is 37.1 Å². The molecule has 0 amide bonds. The third-order valence-electron chi connectivity index (χ3n) is 2.98. The Balaban J connectivity index is 2.41. The van der Waals surface area contributed by atoms with Gasteiger partial charge in [0, 0.05) is 12.3 Å². The molecule has 0 fully saturated rings. The number of rotatable bonds is 7. The number of nitrogens with zero attached hydrogens (tertiary/aromatic N) is 2. The van der Waals surface area contributed by atoms with Gasteiger partial charge in [0.25, 0.3) is 15.9 Å². The molecular weight excluding hydrogens is 407 g/mol. The van der Waals surface area contributed by atoms with Crippen LogP contribution < -0.4 is 15.2 Å². The molecule has 0 saturated carbocycles. The second-order valence-electron chi connectivity index (χ2n) is 4.77. The SMILES string of the molecule is COc1nc(SCCN)c(C)nc1NS(=O)(=O)c1cccc(Cl)c1Cl. The van der Waals surface area contributed by atoms with Gasteiger partial charge in [0.1, 0.15) is 9.92 Å². The summed E-state index contributed by atoms with van der Waals surface area (Å²) in [5.74, 6) is 0.669. The number of aryl methyl sites for hydroxylation is 1. The predicted octanol–water partition coefficient (Wildman–Crippen LogP) is 2.95. The molecule has 0 saturated heterocycles. The molecule has 25 heavy (non-hydrogen) atoms. The summed E-state index contributed by atoms with van der Waals surface area (Å²) in [6, 6.07) is 4.33. The van der Waals surface area contributed by atoms with Crippen LogP contribution in [-0.4, -0.2) is 37.8 Å². The monoisotopic (exact) mass is 422 g/mol. The fraction of sp³-hybridized carbons (Fsp3) is 0.286. The minimum atomic E-state index is -4.02. The molecule has 3 N–H and O–H groups in total. The number of benzene rings is 1. The lowest BCUT2D eigenvalue weighted by molar-refractivity contribution is 0.394. The highest BCUT2D eigenvalue weighted by atomic mass is 35.5. The minimum absolute atomic E-state index is 0.0341. The normalized spacial score (nSPS) is 11.4. The van der Waals surface area contributed by atoms with E-state index in [0.29, 0.717) is 23.0 Å². The summed E-state index contributed by atoms with van der Waals surface area (Å²) in [5.41, 5.74) is 6.04. The van der Waals surface area contributed by atoms with Gasteiger partial charge in [-0.15, -0.1) is 11.8 Å². The van der Waals surface area contributed by atoms with Gasteiger partial charge in [0.05, 0.1) is 22.8 Å². The zero-order valence-corrected chi connectivity index (χ0v) is 16.6. The molecule has 0 aliphatic rings. The van der Waals surface area contributed by atoms with Gasteiger partial charge >= 0.3 is 0 Å². The van der Waals surface area contributed by atoms with Crippen LogP contribution in [0.1, 0.15) is 5.69 Å². The summed E-state index contributed by atoms with van der Waals surface area (Å²) in [7, 11) is -2.65. The van der Waals surface area contributed by atoms with Crippen LogP contribution in [0, 0.1) is 6.92 Å². The Bertz CT molecular complexity index is 879. The Labute approximate surface area is 160 Å². The fourth-order valence-electron chi connectivity index (χ4n) is 1.86. The van der Waals surface area contributed by atoms with Crippen LogP contribution in [0.4, 0.5) is 5.82 Å². The molecule has 0 aliphatic heterocycles. The molecule has 0 atom stereocenters. The standard InChI is InChI=1S/C14H16Cl2N4O3S2/c1-8-14(24-7-6-17)19-13(23-2)12(18-8)20-25(21,22)10-5-3-4-9(15)11(10)16/h3-5H,6-7,17H2,1-2H3,(H,18,20). The molecule has 0 radical (unpaired) electrons. The summed E-state index contributed by atoms with van der Waals surface area (Å²) >= 11 is 13.3. The van der Waals surface area contributed by atoms with Gasteiger partial charge in [0.2, 0.25) is 5.82 Å². The third-order valence-corrected chi connectivity index (χ3v) is 6.39. The maximum Gasteiger partial charge on any atom is 0.264 e. The van der Waals surface area contributed by atoms with Crippen molar-refractivity contribution < 1.29 is 13.2 Å². The van der Waals surface area contributed by atoms with Crippen LogP contribution >= 0.6 is 35.0 Å². The van der Waals surface area contributed by atoms with E-state index in [4.69, 9.17) is 33.7 Å². The van der Waals surface area contributed by atoms with Crippen molar-refractivity contribution in [2.45, 2.75) is 16.8 Å². The molecule has 1 heterocycles. The van der Waals surface area contributed by atoms with Gasteiger partial charge in [-0.25, -0.2) is 18.4 Å². The largest absolute Gasteiger partial charge is 0.478 e. The lowest BCUT2D eigenvalue weighted by Crippen LogP contribution is -2.16. The van der Waals surface area contributed by atoms with Gasteiger partial charge in [-0.05, 0) is 19.1 Å². The van der Waals surface area contributed by atoms with Crippen molar-refractivity contribution in [1.82, 2.24) is 9.97 Å². The summed E-state index contributed by atoms with van der Waals surface area (Å²) in [4.78, 5) is 8.36. The summed E-state index contributed by atoms with van der Waals surface area (Å²) in [5, 5.41) is 0.675. The van der Waals surface area contributed by atoms with Crippen LogP contribution in [0.25, 0.3) is 0 Å². The average molecular weight is 423 g/mol. The van der Waals surface area contributed by atoms with Crippen LogP contribution in [0.2, 0.25) is 10.0 Å². The topological polar surface area (TPSA) is 107 Å². The number of thioether (sulfide) groups is 1. The smallest absolute Gasteiger partial charge is 0.264 e. The summed E-state index contributed by atoms with van der Waals surface area (Å²) in [6.07, 6.45) is 0. The van der Waals surface area contributed by atoms with Crippen molar-refractivity contribution in [2.24, 2.45) is 5.73 Å². The molecule has 0 spiro atoms. The maximum absolute atomic E-state index is 12.6. The second kappa shape index (κ2) is 8.41. The van der Waals surface area contributed by atoms with Gasteiger partial charge in [-0.2, -0.15) is 0 Å². The summed E-state index contributed by atoms with van der Waals surface area (Å²) in [6.45, 7) is 2.20. The predicted molar refractivity (Wildman–Crippen MR) is 100 cm³/mol. The van der Waals surface area contributed by atoms with Crippen molar-refractivity contribution in [2.75, 3.05) is 24.1 Å². The fourth-order valence-corrected chi connectivity index (χ4v) is 4.34. The number of sulfonamides is 1. The number of halogens is 2. The molecule has 7 nitrogen and oxygen atoms in total. The Morgan fingerprint density at radius 2 is 2.04 bits per heavy atom. The Morgan fingerprint density at radius 1 is 1.32 bits per heavy atom. The maximum atomic E-state index is 12.6. The van der Waals surface area contributed by atoms with Crippen molar-refractivity contribution >= 4 is 50.8 Å². The zero-order valence-electron chi connectivity index (χ0n) is 13.4. The van der Waals surface area contributed by atoms with E-state index in [-0.39, 0.29) is 26.6 Å². The van der Waals surface area contributed by atoms with Crippen LogP contribution in [0.3, 0.4) is 0 Å². The van der Waals surface area contributed by atoms with E-state index in [2.05, 4.69) is 14.7 Å². The van der Waals surface area contributed by atoms with Gasteiger partial charge in [-0.3, -0.25) is 4.72 Å². The number of methoxy groups -OCH3 is 1. The minimum Gasteiger partial charge on any atom is -0.478 e. The van der Waals surface area contributed by atoms with Crippen LogP contribution in [0.5, 0.6) is 5.88 Å². The van der Waals surface area contributed by atoms with Crippen molar-refractivity contribution in [3.63, 3.8) is 0 Å². The van der Waals surface area contributed by atoms with E-state index in [9.17, 15) is 8.42 Å². The van der Waals surface area contributed by atoms with Crippen molar-refractivity contribution in [3.8, 4) is 5.88 Å². The first-order chi connectivity index (χ1) is 11.8. The zero-order chi connectivity index (χ0) is 18.6. The number of aromatic nitrogens is 2. The lowest BCUT2D eigenvalue weighted by Gasteiger charge is -2.14. The van der Waals surface area contributed by atoms with E-state index in [1.807, 2.05) is 0 Å². The van der Waals surface area contributed by atoms with Gasteiger partial charge < -0.3 is 10.5 Å². The molecule has 0 bridgehead atoms. The molecular formula is C14H16Cl2N4O3S2. The Morgan fingerprint density at radius 3 is 2.68 bits per heavy atom. The molecule has 2 rings (SSSR count). The third kappa shape index (κ3) is 4.68. The van der Waals surface area contributed by atoms with Crippen molar-refractivity contribution in [3.05, 3.63) is 33.9 Å². The van der Waals surface area contributed by atoms with E-state index in [0.717, 1.165) is 0 Å². The molecule has 0 unspecified atom stereocenters. The number of hydrogen-bond acceptors (Lipinski definition) is 7. The van der Waals surface area contributed by atoms with Crippen LogP contribution in [-0.2, 0) is 10.0 Å². The molecule has 2 aromatic rings. The highest BCUT2D eigenvalue weighted by Crippen LogP contribution is 2.32. The van der Waals surface area contributed by atoms with E-state index < -0.39 is 10.0 Å². The van der Waals surface area contributed by atoms with E-state index >= 15 is 0 Å². The number of ether oxygens (including phenoxy) is 1. The number of hydrogen-bond donors (Lipinski definition) is 2. The average Bonchev–Trinajstić information content (AvgIpc) is 2.56. The first-order valence-corrected chi connectivity index (χ1v) is 10.2. The summed E-state index contributed by atoms with van der Waals surface area (Å²) < 4.78 is 32.7. The number of anilines is 1. The number of nitrogens with one attached hydrogen (secondary N) is 1. The lowest BCUT2D eigenvalue weighted by atomic mass is 10.4. The Kier molecular flexibility index (Phi) is 6.75. The highest BCUT2D eigenvalue weighted by Gasteiger charge is 2.23. The highest BCUT2D eigenvalue weighted by molar-refractivity contribution is 7.99. The first-order valence-electron chi connectivity index (χ1n) is 7.02. The quantitative estimate of drug-likeness (QED) is 0.660. The van der Waals surface area contributed by atoms with Gasteiger partial charge in [-0.1, -0.05) is 29.3 Å². The molecule has 1 aromatic heterocycles. The second-order valence-corrected chi connectivity index (χ2v) is 8.29. The van der Waals surface area contributed by atoms with E-state index in [1.54, 1.807) is 6.92 Å². The molecule has 1 aromatic carbocycles. The van der Waals surface area contributed by atoms with Crippen LogP contribution in [0.15, 0.2) is 28.1 Å². The number of nitrogens with two attached hydrogens (primary N) is 1. The molecule has 0 aliphatic carbocycles. The molecule has 136 valence electrons.